The van der Waals surface area contributed by atoms with Crippen LogP contribution in [0.5, 0.6) is 0 Å². The van der Waals surface area contributed by atoms with Crippen LogP contribution in [0.3, 0.4) is 0 Å². The summed E-state index contributed by atoms with van der Waals surface area (Å²) in [4.78, 5) is 0. The van der Waals surface area contributed by atoms with E-state index in [1.165, 1.54) is 0 Å². The molecule has 0 atom stereocenters. The molecule has 2 radical (unpaired) electrons. The van der Waals surface area contributed by atoms with Crippen molar-refractivity contribution in [2.75, 3.05) is 0 Å². The third-order valence-corrected chi connectivity index (χ3v) is 0.859. The van der Waals surface area contributed by atoms with Crippen LogP contribution in [0.2, 0.25) is 0 Å². The monoisotopic (exact) mass is 196 g/mol. The van der Waals surface area contributed by atoms with Crippen molar-refractivity contribution in [2.24, 2.45) is 5.41 Å². The van der Waals surface area contributed by atoms with Gasteiger partial charge in [-0.25, -0.2) is 0 Å². The third-order valence-electron chi connectivity index (χ3n) is 0.447. The van der Waals surface area contributed by atoms with Gasteiger partial charge in [0, 0.05) is 0 Å². The quantitative estimate of drug-likeness (QED) is 0.510. The zero-order chi connectivity index (χ0) is 5.91. The Balaban J connectivity index is 3.72. The topological polar surface area (TPSA) is 0 Å². The molecule has 0 unspecified atom stereocenters. The number of hydrogen-bond acceptors (Lipinski definition) is 0. The van der Waals surface area contributed by atoms with Crippen molar-refractivity contribution >= 4 is 24.4 Å². The minimum absolute atomic E-state index is 0.222. The van der Waals surface area contributed by atoms with E-state index in [1.54, 1.807) is 0 Å². The van der Waals surface area contributed by atoms with Gasteiger partial charge in [-0.3, -0.25) is 0 Å². The standard InChI is InChI=1S/C6H9.In/c1-5-6(2,3)4;/h2-4H3;. The van der Waals surface area contributed by atoms with Gasteiger partial charge in [-0.2, -0.15) is 0 Å². The van der Waals surface area contributed by atoms with Crippen molar-refractivity contribution in [3.63, 3.8) is 0 Å². The Morgan fingerprint density at radius 3 is 1.71 bits per heavy atom. The van der Waals surface area contributed by atoms with Crippen LogP contribution in [0.25, 0.3) is 0 Å². The fourth-order valence-electron chi connectivity index (χ4n) is 0.217. The second-order valence-corrected chi connectivity index (χ2v) is 3.34. The third kappa shape index (κ3) is 6.43. The van der Waals surface area contributed by atoms with Crippen LogP contribution in [0.1, 0.15) is 20.8 Å². The van der Waals surface area contributed by atoms with Crippen LogP contribution in [-0.4, -0.2) is 24.4 Å². The predicted molar refractivity (Wildman–Crippen MR) is 33.0 cm³/mol. The molecule has 0 aromatic heterocycles. The normalized spacial score (nSPS) is 9.57. The van der Waals surface area contributed by atoms with Crippen LogP contribution >= 0.6 is 0 Å². The van der Waals surface area contributed by atoms with Gasteiger partial charge >= 0.3 is 60.2 Å². The van der Waals surface area contributed by atoms with E-state index in [1.807, 2.05) is 0 Å². The fourth-order valence-corrected chi connectivity index (χ4v) is 1.45. The molecule has 0 amide bonds. The molecule has 0 spiro atoms. The second kappa shape index (κ2) is 2.67. The zero-order valence-electron chi connectivity index (χ0n) is 5.08. The van der Waals surface area contributed by atoms with Gasteiger partial charge in [0.2, 0.25) is 0 Å². The first-order valence-corrected chi connectivity index (χ1v) is 3.94. The molecule has 0 N–H and O–H groups in total. The van der Waals surface area contributed by atoms with Crippen molar-refractivity contribution in [1.29, 1.82) is 0 Å². The Morgan fingerprint density at radius 2 is 1.71 bits per heavy atom. The Morgan fingerprint density at radius 1 is 1.29 bits per heavy atom. The first-order valence-electron chi connectivity index (χ1n) is 2.29. The Bertz CT molecular complexity index is 97.6. The van der Waals surface area contributed by atoms with Gasteiger partial charge in [0.05, 0.1) is 0 Å². The summed E-state index contributed by atoms with van der Waals surface area (Å²) in [5.41, 5.74) is 0.222. The van der Waals surface area contributed by atoms with Gasteiger partial charge in [-0.15, -0.1) is 0 Å². The maximum atomic E-state index is 3.09. The van der Waals surface area contributed by atoms with Crippen molar-refractivity contribution < 1.29 is 0 Å². The van der Waals surface area contributed by atoms with Crippen LogP contribution in [0.15, 0.2) is 0 Å². The van der Waals surface area contributed by atoms with Crippen molar-refractivity contribution in [1.82, 2.24) is 0 Å². The van der Waals surface area contributed by atoms with E-state index < -0.39 is 0 Å². The molecule has 0 saturated carbocycles. The first-order chi connectivity index (χ1) is 3.06. The zero-order valence-corrected chi connectivity index (χ0v) is 8.37. The molecule has 0 aromatic rings. The molecule has 0 rings (SSSR count). The molecule has 0 aliphatic heterocycles. The molecule has 0 heterocycles. The molecule has 0 aromatic carbocycles. The average molecular weight is 196 g/mol. The molecule has 1 heteroatoms. The van der Waals surface area contributed by atoms with Gasteiger partial charge in [0.15, 0.2) is 0 Å². The molecule has 0 aliphatic carbocycles. The first kappa shape index (κ1) is 7.43. The van der Waals surface area contributed by atoms with Gasteiger partial charge in [-0.1, -0.05) is 0 Å². The Hall–Kier alpha value is 0.430. The summed E-state index contributed by atoms with van der Waals surface area (Å²) in [6.45, 7) is 6.36. The summed E-state index contributed by atoms with van der Waals surface area (Å²) in [6, 6.07) is 0. The molecule has 0 fully saturated rings. The van der Waals surface area contributed by atoms with Crippen molar-refractivity contribution in [3.05, 3.63) is 0 Å². The number of hydrogen-bond donors (Lipinski definition) is 0. The summed E-state index contributed by atoms with van der Waals surface area (Å²) in [6.07, 6.45) is 0. The van der Waals surface area contributed by atoms with Crippen molar-refractivity contribution in [2.45, 2.75) is 20.8 Å². The van der Waals surface area contributed by atoms with Gasteiger partial charge in [0.25, 0.3) is 0 Å². The van der Waals surface area contributed by atoms with E-state index in [0.717, 1.165) is 24.4 Å². The minimum atomic E-state index is 0.222. The van der Waals surface area contributed by atoms with E-state index in [2.05, 4.69) is 30.4 Å². The molecule has 0 aliphatic rings. The SMILES string of the molecule is CC(C)(C)C#[C][In]. The summed E-state index contributed by atoms with van der Waals surface area (Å²) in [5.74, 6) is 3.09. The van der Waals surface area contributed by atoms with Crippen LogP contribution < -0.4 is 0 Å². The summed E-state index contributed by atoms with van der Waals surface area (Å²) in [5, 5.41) is 0. The Labute approximate surface area is 60.3 Å². The van der Waals surface area contributed by atoms with Crippen LogP contribution in [-0.2, 0) is 0 Å². The van der Waals surface area contributed by atoms with Crippen molar-refractivity contribution in [3.8, 4) is 9.60 Å². The van der Waals surface area contributed by atoms with E-state index in [4.69, 9.17) is 0 Å². The van der Waals surface area contributed by atoms with E-state index >= 15 is 0 Å². The predicted octanol–water partition coefficient (Wildman–Crippen LogP) is 1.16. The van der Waals surface area contributed by atoms with Crippen LogP contribution in [0, 0.1) is 15.0 Å². The molecule has 7 heavy (non-hydrogen) atoms. The fraction of sp³-hybridized carbons (Fsp3) is 0.667. The molecular weight excluding hydrogens is 187 g/mol. The number of rotatable bonds is 0. The van der Waals surface area contributed by atoms with E-state index in [9.17, 15) is 0 Å². The maximum absolute atomic E-state index is 3.09. The summed E-state index contributed by atoms with van der Waals surface area (Å²) >= 11 is 1.06. The van der Waals surface area contributed by atoms with Gasteiger partial charge in [0.1, 0.15) is 0 Å². The Kier molecular flexibility index (Phi) is 2.83. The molecule has 0 nitrogen and oxygen atoms in total. The van der Waals surface area contributed by atoms with Crippen LogP contribution in [0.4, 0.5) is 0 Å². The average Bonchev–Trinajstić information content (AvgIpc) is 1.30. The van der Waals surface area contributed by atoms with Gasteiger partial charge in [-0.05, 0) is 0 Å². The molecule has 0 bridgehead atoms. The van der Waals surface area contributed by atoms with E-state index in [-0.39, 0.29) is 5.41 Å². The molecule has 0 saturated heterocycles. The summed E-state index contributed by atoms with van der Waals surface area (Å²) in [7, 11) is 0. The molecular formula is C6H9In. The molecule has 36 valence electrons. The van der Waals surface area contributed by atoms with E-state index in [0.29, 0.717) is 0 Å². The van der Waals surface area contributed by atoms with Gasteiger partial charge < -0.3 is 0 Å². The summed E-state index contributed by atoms with van der Waals surface area (Å²) < 4.78 is 2.99. The second-order valence-electron chi connectivity index (χ2n) is 2.52.